The second-order valence-corrected chi connectivity index (χ2v) is 7.32. The predicted octanol–water partition coefficient (Wildman–Crippen LogP) is 0.946. The van der Waals surface area contributed by atoms with E-state index in [9.17, 15) is 4.21 Å². The zero-order valence-corrected chi connectivity index (χ0v) is 12.5. The lowest BCUT2D eigenvalue weighted by atomic mass is 10.0. The van der Waals surface area contributed by atoms with Crippen LogP contribution in [0.25, 0.3) is 0 Å². The molecule has 0 amide bonds. The van der Waals surface area contributed by atoms with Crippen molar-refractivity contribution in [1.82, 2.24) is 15.3 Å². The van der Waals surface area contributed by atoms with E-state index < -0.39 is 10.8 Å². The highest BCUT2D eigenvalue weighted by Crippen LogP contribution is 2.17. The van der Waals surface area contributed by atoms with Crippen molar-refractivity contribution in [2.45, 2.75) is 37.8 Å². The molecule has 0 aliphatic carbocycles. The quantitative estimate of drug-likeness (QED) is 0.899. The summed E-state index contributed by atoms with van der Waals surface area (Å²) in [5.41, 5.74) is 0. The van der Waals surface area contributed by atoms with Crippen LogP contribution < -0.4 is 10.2 Å². The number of nitrogens with one attached hydrogen (secondary N) is 1. The van der Waals surface area contributed by atoms with Gasteiger partial charge in [-0.15, -0.1) is 0 Å². The Labute approximate surface area is 122 Å². The zero-order chi connectivity index (χ0) is 13.8. The fourth-order valence-corrected chi connectivity index (χ4v) is 4.34. The minimum atomic E-state index is -0.575. The van der Waals surface area contributed by atoms with E-state index in [4.69, 9.17) is 0 Å². The maximum Gasteiger partial charge on any atom is 0.225 e. The first-order valence-electron chi connectivity index (χ1n) is 7.44. The van der Waals surface area contributed by atoms with Gasteiger partial charge in [0.2, 0.25) is 5.95 Å². The molecule has 0 spiro atoms. The number of hydrogen-bond acceptors (Lipinski definition) is 5. The van der Waals surface area contributed by atoms with Gasteiger partial charge in [0.1, 0.15) is 0 Å². The summed E-state index contributed by atoms with van der Waals surface area (Å²) in [6.07, 6.45) is 8.08. The zero-order valence-electron chi connectivity index (χ0n) is 11.7. The highest BCUT2D eigenvalue weighted by Gasteiger charge is 2.25. The molecular formula is C14H22N4OS. The smallest absolute Gasteiger partial charge is 0.225 e. The lowest BCUT2D eigenvalue weighted by molar-refractivity contribution is 0.357. The summed E-state index contributed by atoms with van der Waals surface area (Å²) in [6, 6.07) is 2.89. The summed E-state index contributed by atoms with van der Waals surface area (Å²) in [5, 5.41) is 3.75. The van der Waals surface area contributed by atoms with E-state index in [0.717, 1.165) is 43.4 Å². The number of hydrogen-bond donors (Lipinski definition) is 1. The molecule has 1 atom stereocenters. The van der Waals surface area contributed by atoms with Crippen LogP contribution >= 0.6 is 0 Å². The Morgan fingerprint density at radius 1 is 1.15 bits per heavy atom. The minimum absolute atomic E-state index is 0.504. The Morgan fingerprint density at radius 3 is 2.65 bits per heavy atom. The first-order valence-corrected chi connectivity index (χ1v) is 8.93. The fourth-order valence-electron chi connectivity index (χ4n) is 3.04. The molecule has 20 heavy (non-hydrogen) atoms. The number of piperidine rings is 1. The van der Waals surface area contributed by atoms with Gasteiger partial charge in [-0.3, -0.25) is 4.21 Å². The lowest BCUT2D eigenvalue weighted by Crippen LogP contribution is -2.50. The minimum Gasteiger partial charge on any atom is -0.339 e. The Bertz CT molecular complexity index is 446. The molecular weight excluding hydrogens is 272 g/mol. The summed E-state index contributed by atoms with van der Waals surface area (Å²) in [5.74, 6) is 2.55. The molecule has 5 nitrogen and oxygen atoms in total. The Balaban J connectivity index is 1.54. The van der Waals surface area contributed by atoms with Crippen LogP contribution in [0.2, 0.25) is 0 Å². The van der Waals surface area contributed by atoms with Gasteiger partial charge in [0.25, 0.3) is 0 Å². The topological polar surface area (TPSA) is 58.1 Å². The van der Waals surface area contributed by atoms with Crippen LogP contribution in [-0.4, -0.2) is 50.9 Å². The molecule has 2 aliphatic heterocycles. The third-order valence-electron chi connectivity index (χ3n) is 4.12. The molecule has 3 rings (SSSR count). The van der Waals surface area contributed by atoms with Crippen LogP contribution in [0.5, 0.6) is 0 Å². The molecule has 1 unspecified atom stereocenters. The normalized spacial score (nSPS) is 31.2. The van der Waals surface area contributed by atoms with Crippen molar-refractivity contribution >= 4 is 16.7 Å². The van der Waals surface area contributed by atoms with Crippen LogP contribution in [0.3, 0.4) is 0 Å². The molecule has 0 bridgehead atoms. The summed E-state index contributed by atoms with van der Waals surface area (Å²) in [4.78, 5) is 10.9. The molecule has 0 radical (unpaired) electrons. The van der Waals surface area contributed by atoms with Crippen molar-refractivity contribution in [3.8, 4) is 0 Å². The Hall–Kier alpha value is -1.01. The van der Waals surface area contributed by atoms with Crippen molar-refractivity contribution in [1.29, 1.82) is 0 Å². The van der Waals surface area contributed by atoms with Gasteiger partial charge in [-0.1, -0.05) is 0 Å². The van der Waals surface area contributed by atoms with Crippen LogP contribution in [-0.2, 0) is 10.8 Å². The van der Waals surface area contributed by atoms with E-state index in [1.807, 2.05) is 6.07 Å². The monoisotopic (exact) mass is 294 g/mol. The number of aromatic nitrogens is 2. The Morgan fingerprint density at radius 2 is 1.90 bits per heavy atom. The molecule has 3 heterocycles. The summed E-state index contributed by atoms with van der Waals surface area (Å²) >= 11 is 0. The van der Waals surface area contributed by atoms with E-state index in [2.05, 4.69) is 20.2 Å². The largest absolute Gasteiger partial charge is 0.339 e. The predicted molar refractivity (Wildman–Crippen MR) is 81.3 cm³/mol. The van der Waals surface area contributed by atoms with E-state index in [0.29, 0.717) is 12.1 Å². The summed E-state index contributed by atoms with van der Waals surface area (Å²) < 4.78 is 11.4. The van der Waals surface area contributed by atoms with Gasteiger partial charge < -0.3 is 10.2 Å². The van der Waals surface area contributed by atoms with E-state index >= 15 is 0 Å². The first-order chi connectivity index (χ1) is 9.81. The van der Waals surface area contributed by atoms with Crippen molar-refractivity contribution in [3.63, 3.8) is 0 Å². The van der Waals surface area contributed by atoms with E-state index in [1.54, 1.807) is 12.4 Å². The second-order valence-electron chi connectivity index (χ2n) is 5.62. The van der Waals surface area contributed by atoms with E-state index in [-0.39, 0.29) is 0 Å². The fraction of sp³-hybridized carbons (Fsp3) is 0.714. The number of anilines is 1. The second kappa shape index (κ2) is 6.63. The first kappa shape index (κ1) is 13.9. The standard InChI is InChI=1S/C14H22N4OS/c19-20-9-4-12(5-10-20)17-13-3-1-8-18(11-13)14-15-6-2-7-16-14/h2,6-7,12-13,17H,1,3-5,8-11H2. The third kappa shape index (κ3) is 3.55. The van der Waals surface area contributed by atoms with Gasteiger partial charge in [0.05, 0.1) is 0 Å². The van der Waals surface area contributed by atoms with Crippen molar-refractivity contribution in [2.24, 2.45) is 0 Å². The molecule has 2 aliphatic rings. The molecule has 1 N–H and O–H groups in total. The van der Waals surface area contributed by atoms with Gasteiger partial charge in [-0.25, -0.2) is 9.97 Å². The van der Waals surface area contributed by atoms with Gasteiger partial charge in [0.15, 0.2) is 0 Å². The van der Waals surface area contributed by atoms with Crippen molar-refractivity contribution < 1.29 is 4.21 Å². The summed E-state index contributed by atoms with van der Waals surface area (Å²) in [7, 11) is -0.575. The molecule has 2 saturated heterocycles. The van der Waals surface area contributed by atoms with Crippen LogP contribution in [0.1, 0.15) is 25.7 Å². The molecule has 110 valence electrons. The molecule has 0 aromatic carbocycles. The maximum atomic E-state index is 11.4. The average Bonchev–Trinajstić information content (AvgIpc) is 2.51. The highest BCUT2D eigenvalue weighted by atomic mass is 32.2. The van der Waals surface area contributed by atoms with E-state index in [1.165, 1.54) is 12.8 Å². The van der Waals surface area contributed by atoms with Crippen molar-refractivity contribution in [2.75, 3.05) is 29.5 Å². The van der Waals surface area contributed by atoms with Gasteiger partial charge in [-0.05, 0) is 31.7 Å². The molecule has 1 aromatic heterocycles. The molecule has 2 fully saturated rings. The number of rotatable bonds is 3. The third-order valence-corrected chi connectivity index (χ3v) is 5.50. The average molecular weight is 294 g/mol. The van der Waals surface area contributed by atoms with Crippen molar-refractivity contribution in [3.05, 3.63) is 18.5 Å². The van der Waals surface area contributed by atoms with Gasteiger partial charge in [-0.2, -0.15) is 0 Å². The lowest BCUT2D eigenvalue weighted by Gasteiger charge is -2.36. The van der Waals surface area contributed by atoms with Gasteiger partial charge >= 0.3 is 0 Å². The van der Waals surface area contributed by atoms with Gasteiger partial charge in [0, 0.05) is 59.9 Å². The maximum absolute atomic E-state index is 11.4. The molecule has 6 heteroatoms. The number of nitrogens with zero attached hydrogens (tertiary/aromatic N) is 3. The van der Waals surface area contributed by atoms with Crippen LogP contribution in [0.4, 0.5) is 5.95 Å². The summed E-state index contributed by atoms with van der Waals surface area (Å²) in [6.45, 7) is 2.01. The van der Waals surface area contributed by atoms with Crippen LogP contribution in [0.15, 0.2) is 18.5 Å². The van der Waals surface area contributed by atoms with Crippen LogP contribution in [0, 0.1) is 0 Å². The highest BCUT2D eigenvalue weighted by molar-refractivity contribution is 7.85. The molecule has 1 aromatic rings. The Kier molecular flexibility index (Phi) is 4.62. The SMILES string of the molecule is O=S1CCC(NC2CCCN(c3ncccn3)C2)CC1. The molecule has 0 saturated carbocycles.